The summed E-state index contributed by atoms with van der Waals surface area (Å²) in [7, 11) is 0. The van der Waals surface area contributed by atoms with Crippen LogP contribution in [0.25, 0.3) is 0 Å². The van der Waals surface area contributed by atoms with Gasteiger partial charge in [0, 0.05) is 10.8 Å². The molecule has 1 spiro atoms. The quantitative estimate of drug-likeness (QED) is 0.189. The summed E-state index contributed by atoms with van der Waals surface area (Å²) in [6, 6.07) is 0. The minimum Gasteiger partial charge on any atom is -0.463 e. The van der Waals surface area contributed by atoms with Crippen LogP contribution >= 0.6 is 22.6 Å². The molecule has 4 fully saturated rings. The molecule has 3 heteroatoms. The fourth-order valence-corrected chi connectivity index (χ4v) is 10.1. The van der Waals surface area contributed by atoms with E-state index in [4.69, 9.17) is 4.74 Å². The van der Waals surface area contributed by atoms with Gasteiger partial charge in [0.15, 0.2) is 0 Å². The highest BCUT2D eigenvalue weighted by atomic mass is 127. The molecule has 0 radical (unpaired) electrons. The third-order valence-electron chi connectivity index (χ3n) is 9.83. The molecule has 150 valence electrons. The van der Waals surface area contributed by atoms with Crippen molar-refractivity contribution in [3.05, 3.63) is 12.2 Å². The van der Waals surface area contributed by atoms with E-state index in [0.717, 1.165) is 46.4 Å². The Morgan fingerprint density at radius 2 is 1.85 bits per heavy atom. The lowest BCUT2D eigenvalue weighted by molar-refractivity contribution is -0.159. The molecule has 0 saturated heterocycles. The maximum Gasteiger partial charge on any atom is 0.302 e. The van der Waals surface area contributed by atoms with Gasteiger partial charge < -0.3 is 4.74 Å². The number of fused-ring (bicyclic) bond motifs is 4. The molecule has 0 unspecified atom stereocenters. The van der Waals surface area contributed by atoms with E-state index in [-0.39, 0.29) is 12.1 Å². The van der Waals surface area contributed by atoms with Crippen LogP contribution in [0.1, 0.15) is 78.1 Å². The zero-order valence-electron chi connectivity index (χ0n) is 17.0. The van der Waals surface area contributed by atoms with E-state index in [1.807, 2.05) is 0 Å². The summed E-state index contributed by atoms with van der Waals surface area (Å²) in [5, 5.41) is 0. The molecule has 5 aliphatic carbocycles. The number of allylic oxidation sites excluding steroid dienone is 2. The van der Waals surface area contributed by atoms with Crippen LogP contribution in [0, 0.1) is 40.4 Å². The fourth-order valence-electron chi connectivity index (χ4n) is 8.76. The molecule has 0 aromatic carbocycles. The predicted octanol–water partition coefficient (Wildman–Crippen LogP) is 6.32. The first kappa shape index (κ1) is 18.9. The van der Waals surface area contributed by atoms with Gasteiger partial charge in [-0.1, -0.05) is 41.7 Å². The number of alkyl halides is 1. The Morgan fingerprint density at radius 1 is 1.04 bits per heavy atom. The molecule has 27 heavy (non-hydrogen) atoms. The normalized spacial score (nSPS) is 53.7. The van der Waals surface area contributed by atoms with Gasteiger partial charge in [0.25, 0.3) is 0 Å². The maximum absolute atomic E-state index is 11.4. The van der Waals surface area contributed by atoms with E-state index in [2.05, 4.69) is 41.7 Å². The Morgan fingerprint density at radius 3 is 2.67 bits per heavy atom. The molecular formula is C24H35IO2. The van der Waals surface area contributed by atoms with Crippen molar-refractivity contribution in [2.75, 3.05) is 0 Å². The van der Waals surface area contributed by atoms with Crippen molar-refractivity contribution in [1.29, 1.82) is 0 Å². The van der Waals surface area contributed by atoms with Gasteiger partial charge in [-0.15, -0.1) is 0 Å². The van der Waals surface area contributed by atoms with Crippen molar-refractivity contribution in [1.82, 2.24) is 0 Å². The van der Waals surface area contributed by atoms with Crippen LogP contribution in [0.4, 0.5) is 0 Å². The summed E-state index contributed by atoms with van der Waals surface area (Å²) in [6.45, 7) is 4.18. The molecule has 5 aliphatic rings. The van der Waals surface area contributed by atoms with E-state index >= 15 is 0 Å². The summed E-state index contributed by atoms with van der Waals surface area (Å²) in [6.07, 6.45) is 18.8. The number of hydrogen-bond donors (Lipinski definition) is 0. The number of rotatable bonds is 1. The highest BCUT2D eigenvalue weighted by Gasteiger charge is 2.62. The zero-order valence-corrected chi connectivity index (χ0v) is 19.1. The molecule has 5 rings (SSSR count). The van der Waals surface area contributed by atoms with Gasteiger partial charge >= 0.3 is 5.97 Å². The molecule has 0 heterocycles. The monoisotopic (exact) mass is 482 g/mol. The Labute approximate surface area is 178 Å². The lowest BCUT2D eigenvalue weighted by Gasteiger charge is -2.61. The molecule has 0 aromatic rings. The zero-order chi connectivity index (χ0) is 18.8. The minimum absolute atomic E-state index is 0.0914. The third-order valence-corrected chi connectivity index (χ3v) is 11.2. The molecule has 0 aromatic heterocycles. The smallest absolute Gasteiger partial charge is 0.302 e. The van der Waals surface area contributed by atoms with Gasteiger partial charge in [-0.2, -0.15) is 0 Å². The first-order valence-corrected chi connectivity index (χ1v) is 12.7. The number of ether oxygens (including phenoxy) is 1. The average Bonchev–Trinajstić information content (AvgIpc) is 3.03. The average molecular weight is 482 g/mol. The van der Waals surface area contributed by atoms with Crippen molar-refractivity contribution in [3.8, 4) is 0 Å². The Kier molecular flexibility index (Phi) is 4.72. The Hall–Kier alpha value is -0.0600. The predicted molar refractivity (Wildman–Crippen MR) is 117 cm³/mol. The molecule has 9 atom stereocenters. The second-order valence-corrected chi connectivity index (χ2v) is 12.3. The van der Waals surface area contributed by atoms with Crippen molar-refractivity contribution in [2.45, 2.75) is 88.1 Å². The summed E-state index contributed by atoms with van der Waals surface area (Å²) < 4.78 is 6.48. The maximum atomic E-state index is 11.4. The van der Waals surface area contributed by atoms with Gasteiger partial charge in [-0.05, 0) is 105 Å². The SMILES string of the molecule is CC(=O)O[C@@H]1CC[C@@]2(C)[C@@H](CC[C@@H]3[C@@H]2CC[C@]24C=CC[C@@H](I)[C@H]2CC[C@@H]34)C1. The van der Waals surface area contributed by atoms with Crippen LogP contribution < -0.4 is 0 Å². The van der Waals surface area contributed by atoms with Crippen LogP contribution in [0.3, 0.4) is 0 Å². The Bertz CT molecular complexity index is 644. The fraction of sp³-hybridized carbons (Fsp3) is 0.875. The lowest BCUT2D eigenvalue weighted by atomic mass is 9.44. The van der Waals surface area contributed by atoms with Gasteiger partial charge in [0.1, 0.15) is 6.10 Å². The van der Waals surface area contributed by atoms with E-state index in [1.54, 1.807) is 6.92 Å². The summed E-state index contributed by atoms with van der Waals surface area (Å²) >= 11 is 2.76. The second-order valence-electron chi connectivity index (χ2n) is 10.7. The number of hydrogen-bond acceptors (Lipinski definition) is 2. The molecular weight excluding hydrogens is 447 g/mol. The van der Waals surface area contributed by atoms with Gasteiger partial charge in [-0.3, -0.25) is 4.79 Å². The molecule has 0 N–H and O–H groups in total. The molecule has 0 aliphatic heterocycles. The summed E-state index contributed by atoms with van der Waals surface area (Å²) in [5.74, 6) is 4.42. The lowest BCUT2D eigenvalue weighted by Crippen LogP contribution is -2.55. The summed E-state index contributed by atoms with van der Waals surface area (Å²) in [4.78, 5) is 11.4. The summed E-state index contributed by atoms with van der Waals surface area (Å²) in [5.41, 5.74) is 1.03. The van der Waals surface area contributed by atoms with E-state index < -0.39 is 0 Å². The van der Waals surface area contributed by atoms with Crippen molar-refractivity contribution in [2.24, 2.45) is 40.4 Å². The van der Waals surface area contributed by atoms with Crippen LogP contribution in [0.2, 0.25) is 0 Å². The molecule has 4 saturated carbocycles. The molecule has 0 bridgehead atoms. The van der Waals surface area contributed by atoms with Crippen molar-refractivity contribution in [3.63, 3.8) is 0 Å². The van der Waals surface area contributed by atoms with E-state index in [1.165, 1.54) is 51.4 Å². The van der Waals surface area contributed by atoms with Crippen molar-refractivity contribution >= 4 is 28.6 Å². The van der Waals surface area contributed by atoms with E-state index in [9.17, 15) is 4.79 Å². The largest absolute Gasteiger partial charge is 0.463 e. The van der Waals surface area contributed by atoms with Gasteiger partial charge in [0.2, 0.25) is 0 Å². The van der Waals surface area contributed by atoms with Crippen LogP contribution in [0.5, 0.6) is 0 Å². The molecule has 0 amide bonds. The second kappa shape index (κ2) is 6.74. The Balaban J connectivity index is 1.39. The first-order chi connectivity index (χ1) is 12.9. The van der Waals surface area contributed by atoms with E-state index in [0.29, 0.717) is 10.8 Å². The number of carbonyl (C=O) groups is 1. The van der Waals surface area contributed by atoms with Crippen LogP contribution in [-0.2, 0) is 9.53 Å². The van der Waals surface area contributed by atoms with Gasteiger partial charge in [-0.25, -0.2) is 0 Å². The topological polar surface area (TPSA) is 26.3 Å². The third kappa shape index (κ3) is 2.79. The number of carbonyl (C=O) groups excluding carboxylic acids is 1. The first-order valence-electron chi connectivity index (χ1n) is 11.4. The number of halogens is 1. The number of esters is 1. The van der Waals surface area contributed by atoms with Crippen LogP contribution in [0.15, 0.2) is 12.2 Å². The minimum atomic E-state index is -0.0914. The van der Waals surface area contributed by atoms with Gasteiger partial charge in [0.05, 0.1) is 0 Å². The van der Waals surface area contributed by atoms with Crippen molar-refractivity contribution < 1.29 is 9.53 Å². The molecule has 2 nitrogen and oxygen atoms in total. The highest BCUT2D eigenvalue weighted by Crippen LogP contribution is 2.69. The highest BCUT2D eigenvalue weighted by molar-refractivity contribution is 14.1. The standard InChI is InChI=1S/C24H35IO2/c1-15(26)27-17-9-12-23(2)16(14-17)5-6-18-19(23)10-13-24-11-3-4-22(25)21(24)8-7-20(18)24/h3,11,16-22H,4-10,12-14H2,1-2H3/t16-,17+,18+,19-,20-,21+,22+,23-,24-/m0/s1. The van der Waals surface area contributed by atoms with Crippen LogP contribution in [-0.4, -0.2) is 16.0 Å².